The number of rotatable bonds is 5. The lowest BCUT2D eigenvalue weighted by molar-refractivity contribution is -0.116. The van der Waals surface area contributed by atoms with Crippen molar-refractivity contribution in [2.45, 2.75) is 13.5 Å². The van der Waals surface area contributed by atoms with Gasteiger partial charge in [0.25, 0.3) is 0 Å². The second-order valence-electron chi connectivity index (χ2n) is 5.38. The van der Waals surface area contributed by atoms with Gasteiger partial charge in [-0.3, -0.25) is 4.79 Å². The summed E-state index contributed by atoms with van der Waals surface area (Å²) in [6.07, 6.45) is 1.51. The Balaban J connectivity index is 1.91. The highest BCUT2D eigenvalue weighted by Crippen LogP contribution is 2.15. The molecule has 6 heteroatoms. The zero-order valence-electron chi connectivity index (χ0n) is 13.8. The second-order valence-corrected chi connectivity index (χ2v) is 5.38. The predicted octanol–water partition coefficient (Wildman–Crippen LogP) is 2.75. The van der Waals surface area contributed by atoms with Gasteiger partial charge in [0.15, 0.2) is 0 Å². The van der Waals surface area contributed by atoms with Gasteiger partial charge < -0.3 is 5.11 Å². The van der Waals surface area contributed by atoms with Crippen LogP contribution in [0.5, 0.6) is 0 Å². The van der Waals surface area contributed by atoms with E-state index >= 15 is 0 Å². The number of amides is 1. The standard InChI is InChI=1S/C19H18N4O2/c1-15(25)22(17-8-4-2-5-9-17)20-13-16-12-19(14-24)23(21-16)18-10-6-3-7-11-18/h2-13,24H,14H2,1H3. The van der Waals surface area contributed by atoms with Gasteiger partial charge in [-0.1, -0.05) is 36.4 Å². The quantitative estimate of drug-likeness (QED) is 0.576. The normalized spacial score (nSPS) is 11.0. The van der Waals surface area contributed by atoms with Crippen LogP contribution in [0.3, 0.4) is 0 Å². The summed E-state index contributed by atoms with van der Waals surface area (Å²) >= 11 is 0. The number of hydrazone groups is 1. The minimum Gasteiger partial charge on any atom is -0.390 e. The highest BCUT2D eigenvalue weighted by Gasteiger charge is 2.11. The van der Waals surface area contributed by atoms with E-state index in [1.54, 1.807) is 22.9 Å². The fourth-order valence-corrected chi connectivity index (χ4v) is 2.42. The monoisotopic (exact) mass is 334 g/mol. The van der Waals surface area contributed by atoms with Gasteiger partial charge in [0.1, 0.15) is 5.69 Å². The van der Waals surface area contributed by atoms with E-state index in [4.69, 9.17) is 0 Å². The van der Waals surface area contributed by atoms with Gasteiger partial charge in [-0.05, 0) is 30.3 Å². The van der Waals surface area contributed by atoms with Crippen LogP contribution in [0.2, 0.25) is 0 Å². The van der Waals surface area contributed by atoms with Crippen LogP contribution in [0.15, 0.2) is 71.8 Å². The van der Waals surface area contributed by atoms with Crippen LogP contribution in [-0.2, 0) is 11.4 Å². The van der Waals surface area contributed by atoms with E-state index in [-0.39, 0.29) is 12.5 Å². The predicted molar refractivity (Wildman–Crippen MR) is 96.7 cm³/mol. The maximum absolute atomic E-state index is 11.9. The Labute approximate surface area is 145 Å². The number of aromatic nitrogens is 2. The van der Waals surface area contributed by atoms with Gasteiger partial charge in [-0.25, -0.2) is 9.69 Å². The second kappa shape index (κ2) is 7.55. The van der Waals surface area contributed by atoms with Gasteiger partial charge in [-0.15, -0.1) is 0 Å². The van der Waals surface area contributed by atoms with E-state index in [1.165, 1.54) is 18.1 Å². The summed E-state index contributed by atoms with van der Waals surface area (Å²) in [5.41, 5.74) is 2.71. The molecule has 25 heavy (non-hydrogen) atoms. The first-order chi connectivity index (χ1) is 12.2. The first-order valence-corrected chi connectivity index (χ1v) is 7.84. The molecular weight excluding hydrogens is 316 g/mol. The van der Waals surface area contributed by atoms with Crippen molar-refractivity contribution in [2.24, 2.45) is 5.10 Å². The molecule has 0 atom stereocenters. The Bertz CT molecular complexity index is 873. The molecule has 0 saturated heterocycles. The molecule has 0 unspecified atom stereocenters. The first-order valence-electron chi connectivity index (χ1n) is 7.84. The van der Waals surface area contributed by atoms with E-state index in [0.717, 1.165) is 5.69 Å². The number of benzene rings is 2. The molecule has 0 spiro atoms. The number of nitrogens with zero attached hydrogens (tertiary/aromatic N) is 4. The molecule has 1 aromatic heterocycles. The third kappa shape index (κ3) is 3.81. The summed E-state index contributed by atoms with van der Waals surface area (Å²) in [5, 5.41) is 19.6. The van der Waals surface area contributed by atoms with E-state index in [0.29, 0.717) is 17.1 Å². The molecule has 1 N–H and O–H groups in total. The van der Waals surface area contributed by atoms with Crippen molar-refractivity contribution in [2.75, 3.05) is 5.01 Å². The number of para-hydroxylation sites is 2. The van der Waals surface area contributed by atoms with Crippen LogP contribution in [0.25, 0.3) is 5.69 Å². The zero-order chi connectivity index (χ0) is 17.6. The lowest BCUT2D eigenvalue weighted by atomic mass is 10.3. The number of carbonyl (C=O) groups is 1. The highest BCUT2D eigenvalue weighted by atomic mass is 16.3. The minimum atomic E-state index is -0.202. The smallest absolute Gasteiger partial charge is 0.244 e. The van der Waals surface area contributed by atoms with Crippen molar-refractivity contribution in [1.29, 1.82) is 0 Å². The molecule has 1 heterocycles. The average Bonchev–Trinajstić information content (AvgIpc) is 3.06. The Morgan fingerprint density at radius 1 is 1.16 bits per heavy atom. The first kappa shape index (κ1) is 16.6. The Kier molecular flexibility index (Phi) is 5.01. The summed E-state index contributed by atoms with van der Waals surface area (Å²) in [7, 11) is 0. The number of hydrogen-bond donors (Lipinski definition) is 1. The molecule has 3 rings (SSSR count). The number of aliphatic hydroxyl groups excluding tert-OH is 1. The zero-order valence-corrected chi connectivity index (χ0v) is 13.8. The fourth-order valence-electron chi connectivity index (χ4n) is 2.42. The van der Waals surface area contributed by atoms with Crippen LogP contribution in [0.1, 0.15) is 18.3 Å². The van der Waals surface area contributed by atoms with Crippen LogP contribution < -0.4 is 5.01 Å². The van der Waals surface area contributed by atoms with E-state index in [9.17, 15) is 9.90 Å². The summed E-state index contributed by atoms with van der Waals surface area (Å²) in [6.45, 7) is 1.30. The van der Waals surface area contributed by atoms with Gasteiger partial charge in [0.05, 0.1) is 29.9 Å². The number of hydrogen-bond acceptors (Lipinski definition) is 4. The molecule has 0 fully saturated rings. The third-order valence-electron chi connectivity index (χ3n) is 3.57. The largest absolute Gasteiger partial charge is 0.390 e. The van der Waals surface area contributed by atoms with E-state index in [2.05, 4.69) is 10.2 Å². The molecule has 1 amide bonds. The van der Waals surface area contributed by atoms with Crippen molar-refractivity contribution < 1.29 is 9.90 Å². The summed E-state index contributed by atoms with van der Waals surface area (Å²) in [4.78, 5) is 11.9. The third-order valence-corrected chi connectivity index (χ3v) is 3.57. The molecule has 0 radical (unpaired) electrons. The molecular formula is C19H18N4O2. The van der Waals surface area contributed by atoms with Crippen molar-refractivity contribution in [3.8, 4) is 5.69 Å². The Morgan fingerprint density at radius 2 is 1.80 bits per heavy atom. The summed E-state index contributed by atoms with van der Waals surface area (Å²) in [6, 6.07) is 20.4. The molecule has 0 aliphatic carbocycles. The van der Waals surface area contributed by atoms with Crippen molar-refractivity contribution in [3.05, 3.63) is 78.1 Å². The summed E-state index contributed by atoms with van der Waals surface area (Å²) in [5.74, 6) is -0.202. The van der Waals surface area contributed by atoms with Gasteiger partial charge in [0, 0.05) is 6.92 Å². The van der Waals surface area contributed by atoms with Crippen LogP contribution >= 0.6 is 0 Å². The van der Waals surface area contributed by atoms with Crippen molar-refractivity contribution in [3.63, 3.8) is 0 Å². The molecule has 2 aromatic carbocycles. The molecule has 0 aliphatic rings. The Morgan fingerprint density at radius 3 is 2.40 bits per heavy atom. The maximum Gasteiger partial charge on any atom is 0.244 e. The Hall–Kier alpha value is -3.25. The fraction of sp³-hybridized carbons (Fsp3) is 0.105. The van der Waals surface area contributed by atoms with Gasteiger partial charge >= 0.3 is 0 Å². The van der Waals surface area contributed by atoms with E-state index < -0.39 is 0 Å². The number of aliphatic hydroxyl groups is 1. The molecule has 0 aliphatic heterocycles. The molecule has 126 valence electrons. The van der Waals surface area contributed by atoms with Gasteiger partial charge in [-0.2, -0.15) is 10.2 Å². The lowest BCUT2D eigenvalue weighted by Gasteiger charge is -2.14. The number of anilines is 1. The van der Waals surface area contributed by atoms with Crippen molar-refractivity contribution in [1.82, 2.24) is 9.78 Å². The SMILES string of the molecule is CC(=O)N(N=Cc1cc(CO)n(-c2ccccc2)n1)c1ccccc1. The number of carbonyl (C=O) groups excluding carboxylic acids is 1. The van der Waals surface area contributed by atoms with Crippen molar-refractivity contribution >= 4 is 17.8 Å². The summed E-state index contributed by atoms with van der Waals surface area (Å²) < 4.78 is 1.65. The average molecular weight is 334 g/mol. The van der Waals surface area contributed by atoms with E-state index in [1.807, 2.05) is 48.5 Å². The molecule has 3 aromatic rings. The maximum atomic E-state index is 11.9. The van der Waals surface area contributed by atoms with Crippen LogP contribution in [0, 0.1) is 0 Å². The molecule has 0 saturated carbocycles. The van der Waals surface area contributed by atoms with Crippen LogP contribution in [0.4, 0.5) is 5.69 Å². The highest BCUT2D eigenvalue weighted by molar-refractivity contribution is 5.93. The lowest BCUT2D eigenvalue weighted by Crippen LogP contribution is -2.22. The van der Waals surface area contributed by atoms with Crippen LogP contribution in [-0.4, -0.2) is 27.0 Å². The topological polar surface area (TPSA) is 70.7 Å². The minimum absolute atomic E-state index is 0.148. The molecule has 6 nitrogen and oxygen atoms in total. The van der Waals surface area contributed by atoms with Gasteiger partial charge in [0.2, 0.25) is 5.91 Å². The molecule has 0 bridgehead atoms.